The number of hydrogen-bond donors (Lipinski definition) is 2. The number of carbonyl (C=O) groups excluding carboxylic acids is 2. The van der Waals surface area contributed by atoms with Crippen molar-refractivity contribution >= 4 is 23.4 Å². The number of amides is 2. The molecule has 0 spiro atoms. The van der Waals surface area contributed by atoms with E-state index in [1.165, 1.54) is 6.20 Å². The van der Waals surface area contributed by atoms with Gasteiger partial charge in [0.15, 0.2) is 6.61 Å². The Balaban J connectivity index is 1.29. The van der Waals surface area contributed by atoms with Crippen molar-refractivity contribution in [2.45, 2.75) is 38.3 Å². The van der Waals surface area contributed by atoms with E-state index in [1.54, 1.807) is 30.5 Å². The summed E-state index contributed by atoms with van der Waals surface area (Å²) in [5.41, 5.74) is 1.08. The summed E-state index contributed by atoms with van der Waals surface area (Å²) < 4.78 is 5.52. The molecular weight excluding hydrogens is 392 g/mol. The molecule has 2 aromatic rings. The van der Waals surface area contributed by atoms with E-state index in [1.807, 2.05) is 6.92 Å². The second kappa shape index (κ2) is 8.37. The molecule has 2 bridgehead atoms. The van der Waals surface area contributed by atoms with Crippen LogP contribution in [0.1, 0.15) is 35.4 Å². The molecular formula is C21H23ClN4O3. The van der Waals surface area contributed by atoms with Crippen LogP contribution in [0, 0.1) is 18.8 Å². The molecule has 5 rings (SSSR count). The lowest BCUT2D eigenvalue weighted by Gasteiger charge is -2.51. The molecule has 3 saturated carbocycles. The molecule has 0 radical (unpaired) electrons. The van der Waals surface area contributed by atoms with Crippen LogP contribution in [0.4, 0.5) is 0 Å². The lowest BCUT2D eigenvalue weighted by atomic mass is 9.60. The standard InChI is InChI=1S/C21H23ClN4O3/c1-12-9-24-19(10-23-12)21(28)26-18-8-17(13-6-14(18)7-13)25-20(27)11-29-16-4-2-15(22)3-5-16/h2-5,9-10,13-14,17-18H,6-8,11H2,1H3,(H,25,27)(H,26,28)/t13?,14?,17?,18-/m1/s1. The quantitative estimate of drug-likeness (QED) is 0.757. The normalized spacial score (nSPS) is 24.9. The van der Waals surface area contributed by atoms with Crippen molar-refractivity contribution in [2.75, 3.05) is 6.61 Å². The Kier molecular flexibility index (Phi) is 5.67. The predicted octanol–water partition coefficient (Wildman–Crippen LogP) is 2.53. The van der Waals surface area contributed by atoms with Crippen LogP contribution in [0.3, 0.4) is 0 Å². The lowest BCUT2D eigenvalue weighted by molar-refractivity contribution is -0.125. The zero-order chi connectivity index (χ0) is 20.4. The van der Waals surface area contributed by atoms with Gasteiger partial charge in [0.2, 0.25) is 0 Å². The minimum absolute atomic E-state index is 0.0260. The second-order valence-electron chi connectivity index (χ2n) is 7.77. The Labute approximate surface area is 174 Å². The molecule has 3 aliphatic carbocycles. The Morgan fingerprint density at radius 3 is 2.38 bits per heavy atom. The van der Waals surface area contributed by atoms with E-state index in [-0.39, 0.29) is 30.5 Å². The van der Waals surface area contributed by atoms with E-state index < -0.39 is 0 Å². The van der Waals surface area contributed by atoms with Crippen molar-refractivity contribution in [3.63, 3.8) is 0 Å². The van der Waals surface area contributed by atoms with E-state index in [2.05, 4.69) is 20.6 Å². The fourth-order valence-electron chi connectivity index (χ4n) is 4.06. The molecule has 1 unspecified atom stereocenters. The molecule has 7 nitrogen and oxygen atoms in total. The van der Waals surface area contributed by atoms with Crippen molar-refractivity contribution in [1.29, 1.82) is 0 Å². The van der Waals surface area contributed by atoms with Crippen LogP contribution >= 0.6 is 11.6 Å². The molecule has 0 aliphatic heterocycles. The van der Waals surface area contributed by atoms with Gasteiger partial charge < -0.3 is 15.4 Å². The van der Waals surface area contributed by atoms with Crippen molar-refractivity contribution in [2.24, 2.45) is 11.8 Å². The smallest absolute Gasteiger partial charge is 0.271 e. The first kappa shape index (κ1) is 19.6. The Bertz CT molecular complexity index is 882. The van der Waals surface area contributed by atoms with Crippen LogP contribution in [0.15, 0.2) is 36.7 Å². The van der Waals surface area contributed by atoms with Crippen LogP contribution < -0.4 is 15.4 Å². The van der Waals surface area contributed by atoms with Gasteiger partial charge in [0, 0.05) is 23.3 Å². The number of fused-ring (bicyclic) bond motifs is 2. The van der Waals surface area contributed by atoms with Crippen molar-refractivity contribution in [3.05, 3.63) is 53.1 Å². The summed E-state index contributed by atoms with van der Waals surface area (Å²) in [6.45, 7) is 1.78. The third-order valence-electron chi connectivity index (χ3n) is 5.72. The van der Waals surface area contributed by atoms with Crippen LogP contribution in [0.2, 0.25) is 5.02 Å². The van der Waals surface area contributed by atoms with Crippen molar-refractivity contribution in [3.8, 4) is 5.75 Å². The minimum atomic E-state index is -0.219. The number of benzene rings is 1. The highest BCUT2D eigenvalue weighted by molar-refractivity contribution is 6.30. The largest absolute Gasteiger partial charge is 0.484 e. The number of aryl methyl sites for hydroxylation is 1. The number of hydrogen-bond acceptors (Lipinski definition) is 5. The minimum Gasteiger partial charge on any atom is -0.484 e. The van der Waals surface area contributed by atoms with Gasteiger partial charge in [0.1, 0.15) is 11.4 Å². The number of rotatable bonds is 6. The number of halogens is 1. The van der Waals surface area contributed by atoms with E-state index >= 15 is 0 Å². The molecule has 8 heteroatoms. The van der Waals surface area contributed by atoms with Crippen LogP contribution in [0.25, 0.3) is 0 Å². The van der Waals surface area contributed by atoms with Gasteiger partial charge in [-0.25, -0.2) is 4.98 Å². The molecule has 3 fully saturated rings. The first-order chi connectivity index (χ1) is 14.0. The first-order valence-electron chi connectivity index (χ1n) is 9.75. The Hall–Kier alpha value is -2.67. The van der Waals surface area contributed by atoms with Crippen LogP contribution in [-0.4, -0.2) is 40.5 Å². The zero-order valence-corrected chi connectivity index (χ0v) is 16.9. The van der Waals surface area contributed by atoms with Gasteiger partial charge >= 0.3 is 0 Å². The van der Waals surface area contributed by atoms with E-state index in [4.69, 9.17) is 16.3 Å². The predicted molar refractivity (Wildman–Crippen MR) is 108 cm³/mol. The first-order valence-corrected chi connectivity index (χ1v) is 10.1. The summed E-state index contributed by atoms with van der Waals surface area (Å²) in [5.74, 6) is 1.14. The fraction of sp³-hybridized carbons (Fsp3) is 0.429. The summed E-state index contributed by atoms with van der Waals surface area (Å²) in [5, 5.41) is 6.76. The van der Waals surface area contributed by atoms with Gasteiger partial charge in [-0.05, 0) is 62.3 Å². The topological polar surface area (TPSA) is 93.2 Å². The number of carbonyl (C=O) groups is 2. The average Bonchev–Trinajstić information content (AvgIpc) is 2.67. The summed E-state index contributed by atoms with van der Waals surface area (Å²) in [7, 11) is 0. The number of nitrogens with one attached hydrogen (secondary N) is 2. The number of ether oxygens (including phenoxy) is 1. The molecule has 2 amide bonds. The lowest BCUT2D eigenvalue weighted by Crippen LogP contribution is -2.60. The number of nitrogens with zero attached hydrogens (tertiary/aromatic N) is 2. The molecule has 152 valence electrons. The Morgan fingerprint density at radius 2 is 1.72 bits per heavy atom. The SMILES string of the molecule is Cc1cnc(C(=O)N[C@@H]2CC(NC(=O)COc3ccc(Cl)cc3)C3CC2C3)cn1. The summed E-state index contributed by atoms with van der Waals surface area (Å²) >= 11 is 5.85. The Morgan fingerprint density at radius 1 is 1.03 bits per heavy atom. The average molecular weight is 415 g/mol. The molecule has 1 heterocycles. The third-order valence-corrected chi connectivity index (χ3v) is 5.97. The molecule has 3 aliphatic rings. The van der Waals surface area contributed by atoms with E-state index in [9.17, 15) is 9.59 Å². The third kappa shape index (κ3) is 4.67. The molecule has 1 aromatic carbocycles. The van der Waals surface area contributed by atoms with E-state index in [0.29, 0.717) is 34.7 Å². The zero-order valence-electron chi connectivity index (χ0n) is 16.1. The molecule has 0 saturated heterocycles. The summed E-state index contributed by atoms with van der Waals surface area (Å²) in [6.07, 6.45) is 5.80. The van der Waals surface area contributed by atoms with Gasteiger partial charge in [-0.15, -0.1) is 0 Å². The molecule has 29 heavy (non-hydrogen) atoms. The monoisotopic (exact) mass is 414 g/mol. The van der Waals surface area contributed by atoms with Crippen molar-refractivity contribution < 1.29 is 14.3 Å². The summed E-state index contributed by atoms with van der Waals surface area (Å²) in [6, 6.07) is 6.96. The van der Waals surface area contributed by atoms with E-state index in [0.717, 1.165) is 18.5 Å². The highest BCUT2D eigenvalue weighted by atomic mass is 35.5. The highest BCUT2D eigenvalue weighted by Gasteiger charge is 2.47. The molecule has 2 N–H and O–H groups in total. The maximum Gasteiger partial charge on any atom is 0.271 e. The van der Waals surface area contributed by atoms with Crippen LogP contribution in [0.5, 0.6) is 5.75 Å². The van der Waals surface area contributed by atoms with Gasteiger partial charge in [-0.3, -0.25) is 14.6 Å². The van der Waals surface area contributed by atoms with Crippen LogP contribution in [-0.2, 0) is 4.79 Å². The second-order valence-corrected chi connectivity index (χ2v) is 8.20. The summed E-state index contributed by atoms with van der Waals surface area (Å²) in [4.78, 5) is 33.1. The number of aromatic nitrogens is 2. The van der Waals surface area contributed by atoms with Crippen molar-refractivity contribution in [1.82, 2.24) is 20.6 Å². The van der Waals surface area contributed by atoms with Gasteiger partial charge in [0.05, 0.1) is 11.9 Å². The maximum atomic E-state index is 12.5. The fourth-order valence-corrected chi connectivity index (χ4v) is 4.18. The maximum absolute atomic E-state index is 12.5. The highest BCUT2D eigenvalue weighted by Crippen LogP contribution is 2.45. The van der Waals surface area contributed by atoms with Gasteiger partial charge in [-0.1, -0.05) is 11.6 Å². The van der Waals surface area contributed by atoms with Gasteiger partial charge in [-0.2, -0.15) is 0 Å². The molecule has 2 atom stereocenters. The van der Waals surface area contributed by atoms with Gasteiger partial charge in [0.25, 0.3) is 11.8 Å². The molecule has 1 aromatic heterocycles.